The highest BCUT2D eigenvalue weighted by atomic mass is 35.5. The summed E-state index contributed by atoms with van der Waals surface area (Å²) in [4.78, 5) is 10.6. The highest BCUT2D eigenvalue weighted by Gasteiger charge is 2.07. The van der Waals surface area contributed by atoms with E-state index in [9.17, 15) is 4.79 Å². The van der Waals surface area contributed by atoms with Crippen LogP contribution in [0.2, 0.25) is 10.0 Å². The minimum absolute atomic E-state index is 0.296. The summed E-state index contributed by atoms with van der Waals surface area (Å²) < 4.78 is 4.83. The van der Waals surface area contributed by atoms with Crippen molar-refractivity contribution in [1.29, 1.82) is 0 Å². The lowest BCUT2D eigenvalue weighted by Gasteiger charge is -2.05. The van der Waals surface area contributed by atoms with E-state index in [1.807, 2.05) is 6.92 Å². The third kappa shape index (κ3) is 2.61. The number of hydrogen-bond acceptors (Lipinski definition) is 2. The van der Waals surface area contributed by atoms with E-state index in [2.05, 4.69) is 0 Å². The molecule has 0 aliphatic carbocycles. The summed E-state index contributed by atoms with van der Waals surface area (Å²) in [6.07, 6.45) is 0. The smallest absolute Gasteiger partial charge is 0.308 e. The Labute approximate surface area is 86.4 Å². The fourth-order valence-corrected chi connectivity index (χ4v) is 1.27. The molecule has 0 bridgehead atoms. The minimum Gasteiger partial charge on any atom is -0.425 e. The Morgan fingerprint density at radius 2 is 1.92 bits per heavy atom. The molecule has 4 heteroatoms. The molecule has 0 aromatic heterocycles. The van der Waals surface area contributed by atoms with E-state index in [1.54, 1.807) is 6.07 Å². The third-order valence-corrected chi connectivity index (χ3v) is 2.17. The van der Waals surface area contributed by atoms with Crippen LogP contribution in [0.3, 0.4) is 0 Å². The monoisotopic (exact) mass is 218 g/mol. The molecule has 70 valence electrons. The molecule has 1 aromatic carbocycles. The van der Waals surface area contributed by atoms with E-state index >= 15 is 0 Å². The van der Waals surface area contributed by atoms with Crippen LogP contribution < -0.4 is 4.74 Å². The van der Waals surface area contributed by atoms with Gasteiger partial charge in [0.1, 0.15) is 0 Å². The molecule has 0 unspecified atom stereocenters. The zero-order valence-corrected chi connectivity index (χ0v) is 8.74. The molecule has 0 N–H and O–H groups in total. The first kappa shape index (κ1) is 10.4. The normalized spacial score (nSPS) is 9.85. The zero-order valence-electron chi connectivity index (χ0n) is 7.23. The molecule has 0 amide bonds. The van der Waals surface area contributed by atoms with Crippen molar-refractivity contribution >= 4 is 29.2 Å². The Hall–Kier alpha value is -0.730. The summed E-state index contributed by atoms with van der Waals surface area (Å²) in [6, 6.07) is 3.18. The Bertz CT molecular complexity index is 348. The quantitative estimate of drug-likeness (QED) is 0.535. The summed E-state index contributed by atoms with van der Waals surface area (Å²) in [5, 5.41) is 0.915. The van der Waals surface area contributed by atoms with Crippen LogP contribution in [-0.2, 0) is 4.79 Å². The van der Waals surface area contributed by atoms with Crippen LogP contribution in [0.25, 0.3) is 0 Å². The molecule has 1 aromatic rings. The van der Waals surface area contributed by atoms with Crippen LogP contribution in [0.1, 0.15) is 12.5 Å². The number of esters is 1. The van der Waals surface area contributed by atoms with Crippen LogP contribution >= 0.6 is 23.2 Å². The van der Waals surface area contributed by atoms with Crippen LogP contribution in [0.15, 0.2) is 12.1 Å². The van der Waals surface area contributed by atoms with Gasteiger partial charge in [0, 0.05) is 18.0 Å². The van der Waals surface area contributed by atoms with Crippen molar-refractivity contribution in [3.8, 4) is 5.75 Å². The van der Waals surface area contributed by atoms with Gasteiger partial charge >= 0.3 is 5.97 Å². The van der Waals surface area contributed by atoms with Crippen molar-refractivity contribution in [3.63, 3.8) is 0 Å². The first-order valence-electron chi connectivity index (χ1n) is 3.65. The summed E-state index contributed by atoms with van der Waals surface area (Å²) >= 11 is 11.6. The Morgan fingerprint density at radius 1 is 1.31 bits per heavy atom. The second-order valence-corrected chi connectivity index (χ2v) is 3.44. The zero-order chi connectivity index (χ0) is 10.0. The molecule has 0 spiro atoms. The maximum atomic E-state index is 10.6. The number of hydrogen-bond donors (Lipinski definition) is 0. The van der Waals surface area contributed by atoms with Gasteiger partial charge in [-0.05, 0) is 18.6 Å². The number of halogens is 2. The highest BCUT2D eigenvalue weighted by Crippen LogP contribution is 2.30. The number of carbonyl (C=O) groups excluding carboxylic acids is 1. The summed E-state index contributed by atoms with van der Waals surface area (Å²) in [5.74, 6) is -0.119. The summed E-state index contributed by atoms with van der Waals surface area (Å²) in [6.45, 7) is 3.13. The average Bonchev–Trinajstić information content (AvgIpc) is 1.99. The number of ether oxygens (including phenoxy) is 1. The molecule has 0 saturated heterocycles. The fourth-order valence-electron chi connectivity index (χ4n) is 0.861. The maximum absolute atomic E-state index is 10.6. The van der Waals surface area contributed by atoms with E-state index in [-0.39, 0.29) is 0 Å². The molecule has 0 aliphatic heterocycles. The largest absolute Gasteiger partial charge is 0.425 e. The number of carbonyl (C=O) groups is 1. The van der Waals surface area contributed by atoms with Crippen LogP contribution in [0, 0.1) is 6.92 Å². The predicted molar refractivity (Wildman–Crippen MR) is 52.5 cm³/mol. The van der Waals surface area contributed by atoms with Crippen LogP contribution in [0.4, 0.5) is 0 Å². The lowest BCUT2D eigenvalue weighted by atomic mass is 10.2. The van der Waals surface area contributed by atoms with Gasteiger partial charge in [-0.2, -0.15) is 0 Å². The SMILES string of the molecule is CC(=O)Oc1cc(Cl)c(C)cc1Cl. The lowest BCUT2D eigenvalue weighted by molar-refractivity contribution is -0.131. The van der Waals surface area contributed by atoms with Gasteiger partial charge in [-0.25, -0.2) is 0 Å². The van der Waals surface area contributed by atoms with Crippen LogP contribution in [0.5, 0.6) is 5.75 Å². The van der Waals surface area contributed by atoms with Gasteiger partial charge in [0.05, 0.1) is 5.02 Å². The molecule has 0 aliphatic rings. The first-order valence-corrected chi connectivity index (χ1v) is 4.40. The lowest BCUT2D eigenvalue weighted by Crippen LogP contribution is -2.01. The van der Waals surface area contributed by atoms with Crippen molar-refractivity contribution < 1.29 is 9.53 Å². The van der Waals surface area contributed by atoms with Crippen molar-refractivity contribution in [2.45, 2.75) is 13.8 Å². The molecule has 0 atom stereocenters. The molecule has 0 radical (unpaired) electrons. The van der Waals surface area contributed by atoms with Gasteiger partial charge in [-0.3, -0.25) is 4.79 Å². The Balaban J connectivity index is 3.08. The van der Waals surface area contributed by atoms with E-state index in [0.29, 0.717) is 15.8 Å². The summed E-state index contributed by atoms with van der Waals surface area (Å²) in [7, 11) is 0. The molecular weight excluding hydrogens is 211 g/mol. The fraction of sp³-hybridized carbons (Fsp3) is 0.222. The summed E-state index contributed by atoms with van der Waals surface area (Å²) in [5.41, 5.74) is 0.850. The third-order valence-electron chi connectivity index (χ3n) is 1.47. The van der Waals surface area contributed by atoms with Crippen LogP contribution in [-0.4, -0.2) is 5.97 Å². The maximum Gasteiger partial charge on any atom is 0.308 e. The molecule has 1 rings (SSSR count). The van der Waals surface area contributed by atoms with E-state index in [0.717, 1.165) is 5.56 Å². The molecule has 0 fully saturated rings. The van der Waals surface area contributed by atoms with Gasteiger partial charge in [-0.15, -0.1) is 0 Å². The Morgan fingerprint density at radius 3 is 2.46 bits per heavy atom. The first-order chi connectivity index (χ1) is 6.00. The van der Waals surface area contributed by atoms with Gasteiger partial charge in [0.25, 0.3) is 0 Å². The number of rotatable bonds is 1. The van der Waals surface area contributed by atoms with E-state index < -0.39 is 5.97 Å². The van der Waals surface area contributed by atoms with Gasteiger partial charge in [0.2, 0.25) is 0 Å². The van der Waals surface area contributed by atoms with E-state index in [4.69, 9.17) is 27.9 Å². The van der Waals surface area contributed by atoms with Crippen molar-refractivity contribution in [3.05, 3.63) is 27.7 Å². The second kappa shape index (κ2) is 3.99. The highest BCUT2D eigenvalue weighted by molar-refractivity contribution is 6.34. The van der Waals surface area contributed by atoms with Gasteiger partial charge in [0.15, 0.2) is 5.75 Å². The predicted octanol–water partition coefficient (Wildman–Crippen LogP) is 3.23. The topological polar surface area (TPSA) is 26.3 Å². The van der Waals surface area contributed by atoms with Crippen molar-refractivity contribution in [2.75, 3.05) is 0 Å². The van der Waals surface area contributed by atoms with E-state index in [1.165, 1.54) is 13.0 Å². The second-order valence-electron chi connectivity index (χ2n) is 2.63. The van der Waals surface area contributed by atoms with Crippen molar-refractivity contribution in [1.82, 2.24) is 0 Å². The average molecular weight is 219 g/mol. The number of benzene rings is 1. The standard InChI is InChI=1S/C9H8Cl2O2/c1-5-3-8(11)9(4-7(5)10)13-6(2)12/h3-4H,1-2H3. The molecule has 0 saturated carbocycles. The van der Waals surface area contributed by atoms with Gasteiger partial charge < -0.3 is 4.74 Å². The molecule has 0 heterocycles. The van der Waals surface area contributed by atoms with Gasteiger partial charge in [-0.1, -0.05) is 23.2 Å². The molecule has 2 nitrogen and oxygen atoms in total. The Kier molecular flexibility index (Phi) is 3.17. The van der Waals surface area contributed by atoms with Crippen molar-refractivity contribution in [2.24, 2.45) is 0 Å². The molecule has 13 heavy (non-hydrogen) atoms. The molecular formula is C9H8Cl2O2. The minimum atomic E-state index is -0.415. The number of aryl methyl sites for hydroxylation is 1.